The van der Waals surface area contributed by atoms with Crippen LogP contribution in [-0.4, -0.2) is 29.5 Å². The van der Waals surface area contributed by atoms with E-state index in [2.05, 4.69) is 4.99 Å². The van der Waals surface area contributed by atoms with Crippen LogP contribution in [0.4, 0.5) is 0 Å². The average Bonchev–Trinajstić information content (AvgIpc) is 3.01. The maximum atomic E-state index is 10.7. The zero-order chi connectivity index (χ0) is 17.9. The number of aliphatic hydroxyl groups excluding tert-OH is 1. The third kappa shape index (κ3) is 4.61. The maximum Gasteiger partial charge on any atom is 0.194 e. The normalized spacial score (nSPS) is 20.0. The van der Waals surface area contributed by atoms with E-state index in [1.165, 1.54) is 0 Å². The molecule has 6 heteroatoms. The van der Waals surface area contributed by atoms with Crippen LogP contribution in [0.5, 0.6) is 5.75 Å². The SMILES string of the molecule is C[N+]1(CC(O)c2cc(Cl)ccc2OCc2ccc(Cl)cc2)C=CN=C1. The van der Waals surface area contributed by atoms with Crippen molar-refractivity contribution in [2.24, 2.45) is 4.99 Å². The van der Waals surface area contributed by atoms with Gasteiger partial charge in [0, 0.05) is 15.6 Å². The minimum atomic E-state index is -0.738. The van der Waals surface area contributed by atoms with Crippen LogP contribution >= 0.6 is 23.2 Å². The van der Waals surface area contributed by atoms with Crippen molar-refractivity contribution in [3.05, 3.63) is 76.0 Å². The van der Waals surface area contributed by atoms with Crippen molar-refractivity contribution in [1.29, 1.82) is 0 Å². The zero-order valence-electron chi connectivity index (χ0n) is 13.8. The number of hydrogen-bond donors (Lipinski definition) is 1. The standard InChI is InChI=1S/C19H19Cl2N2O2/c1-23(9-8-22-13-23)11-18(24)17-10-16(21)6-7-19(17)25-12-14-2-4-15(20)5-3-14/h2-10,13,18,24H,11-12H2,1H3/q+1. The summed E-state index contributed by atoms with van der Waals surface area (Å²) >= 11 is 12.0. The third-order valence-corrected chi connectivity index (χ3v) is 4.52. The Labute approximate surface area is 157 Å². The molecule has 0 saturated carbocycles. The molecule has 3 rings (SSSR count). The first-order chi connectivity index (χ1) is 12.0. The second-order valence-corrected chi connectivity index (χ2v) is 7.08. The number of aliphatic imine (C=N–C) groups is 1. The lowest BCUT2D eigenvalue weighted by atomic mass is 10.1. The van der Waals surface area contributed by atoms with Crippen molar-refractivity contribution in [2.45, 2.75) is 12.7 Å². The Morgan fingerprint density at radius 2 is 1.84 bits per heavy atom. The highest BCUT2D eigenvalue weighted by Crippen LogP contribution is 2.31. The molecule has 2 aromatic carbocycles. The summed E-state index contributed by atoms with van der Waals surface area (Å²) in [5.74, 6) is 0.610. The zero-order valence-corrected chi connectivity index (χ0v) is 15.3. The van der Waals surface area contributed by atoms with Crippen molar-refractivity contribution in [1.82, 2.24) is 0 Å². The molecule has 0 fully saturated rings. The second-order valence-electron chi connectivity index (χ2n) is 6.21. The predicted octanol–water partition coefficient (Wildman–Crippen LogP) is 4.57. The Morgan fingerprint density at radius 1 is 1.12 bits per heavy atom. The lowest BCUT2D eigenvalue weighted by molar-refractivity contribution is -0.761. The molecule has 1 aliphatic rings. The maximum absolute atomic E-state index is 10.7. The Hall–Kier alpha value is -1.85. The van der Waals surface area contributed by atoms with Crippen LogP contribution in [0.25, 0.3) is 0 Å². The Morgan fingerprint density at radius 3 is 2.52 bits per heavy atom. The van der Waals surface area contributed by atoms with E-state index in [1.807, 2.05) is 37.5 Å². The van der Waals surface area contributed by atoms with Gasteiger partial charge in [-0.2, -0.15) is 0 Å². The lowest BCUT2D eigenvalue weighted by Crippen LogP contribution is -2.38. The van der Waals surface area contributed by atoms with E-state index >= 15 is 0 Å². The summed E-state index contributed by atoms with van der Waals surface area (Å²) in [7, 11) is 1.97. The van der Waals surface area contributed by atoms with Gasteiger partial charge in [-0.25, -0.2) is 4.99 Å². The second kappa shape index (κ2) is 7.58. The molecule has 0 spiro atoms. The summed E-state index contributed by atoms with van der Waals surface area (Å²) in [5.41, 5.74) is 1.66. The van der Waals surface area contributed by atoms with Crippen molar-refractivity contribution >= 4 is 29.5 Å². The van der Waals surface area contributed by atoms with Gasteiger partial charge in [-0.05, 0) is 35.9 Å². The first kappa shape index (κ1) is 18.0. The van der Waals surface area contributed by atoms with E-state index in [-0.39, 0.29) is 0 Å². The van der Waals surface area contributed by atoms with Crippen LogP contribution < -0.4 is 4.74 Å². The number of hydrogen-bond acceptors (Lipinski definition) is 3. The van der Waals surface area contributed by atoms with Crippen molar-refractivity contribution < 1.29 is 14.3 Å². The molecule has 130 valence electrons. The van der Waals surface area contributed by atoms with Gasteiger partial charge in [0.1, 0.15) is 31.2 Å². The molecule has 1 aliphatic heterocycles. The van der Waals surface area contributed by atoms with Crippen molar-refractivity contribution in [2.75, 3.05) is 13.6 Å². The van der Waals surface area contributed by atoms with Gasteiger partial charge in [-0.3, -0.25) is 4.48 Å². The van der Waals surface area contributed by atoms with Crippen LogP contribution in [0.3, 0.4) is 0 Å². The highest BCUT2D eigenvalue weighted by Gasteiger charge is 2.27. The minimum Gasteiger partial charge on any atom is -0.489 e. The van der Waals surface area contributed by atoms with E-state index < -0.39 is 6.10 Å². The van der Waals surface area contributed by atoms with Gasteiger partial charge in [0.2, 0.25) is 0 Å². The summed E-state index contributed by atoms with van der Waals surface area (Å²) < 4.78 is 6.34. The smallest absolute Gasteiger partial charge is 0.194 e. The number of quaternary nitrogens is 1. The largest absolute Gasteiger partial charge is 0.489 e. The molecule has 2 aromatic rings. The quantitative estimate of drug-likeness (QED) is 0.749. The molecule has 0 amide bonds. The number of aliphatic hydroxyl groups is 1. The van der Waals surface area contributed by atoms with Crippen LogP contribution in [0, 0.1) is 0 Å². The van der Waals surface area contributed by atoms with Crippen molar-refractivity contribution in [3.63, 3.8) is 0 Å². The topological polar surface area (TPSA) is 41.8 Å². The van der Waals surface area contributed by atoms with Gasteiger partial charge in [0.15, 0.2) is 6.34 Å². The summed E-state index contributed by atoms with van der Waals surface area (Å²) in [6, 6.07) is 12.7. The minimum absolute atomic E-state index is 0.381. The molecule has 0 bridgehead atoms. The molecular formula is C19H19Cl2N2O2+. The Kier molecular flexibility index (Phi) is 5.45. The monoisotopic (exact) mass is 377 g/mol. The fraction of sp³-hybridized carbons (Fsp3) is 0.211. The molecule has 2 atom stereocenters. The number of likely N-dealkylation sites (N-methyl/N-ethyl adjacent to an activating group) is 1. The van der Waals surface area contributed by atoms with E-state index in [9.17, 15) is 5.11 Å². The lowest BCUT2D eigenvalue weighted by Gasteiger charge is -2.25. The first-order valence-electron chi connectivity index (χ1n) is 7.87. The first-order valence-corrected chi connectivity index (χ1v) is 8.62. The molecule has 0 radical (unpaired) electrons. The van der Waals surface area contributed by atoms with Gasteiger partial charge in [-0.15, -0.1) is 0 Å². The van der Waals surface area contributed by atoms with Gasteiger partial charge < -0.3 is 9.84 Å². The molecule has 0 aromatic heterocycles. The molecular weight excluding hydrogens is 359 g/mol. The number of ether oxygens (including phenoxy) is 1. The number of nitrogens with zero attached hydrogens (tertiary/aromatic N) is 2. The third-order valence-electron chi connectivity index (χ3n) is 4.03. The molecule has 1 heterocycles. The fourth-order valence-corrected chi connectivity index (χ4v) is 2.96. The number of benzene rings is 2. The number of rotatable bonds is 6. The summed E-state index contributed by atoms with van der Waals surface area (Å²) in [5, 5.41) is 12.0. The van der Waals surface area contributed by atoms with Crippen LogP contribution in [0.1, 0.15) is 17.2 Å². The van der Waals surface area contributed by atoms with Gasteiger partial charge in [0.05, 0.1) is 13.2 Å². The molecule has 2 unspecified atom stereocenters. The molecule has 4 nitrogen and oxygen atoms in total. The van der Waals surface area contributed by atoms with Gasteiger partial charge in [0.25, 0.3) is 0 Å². The highest BCUT2D eigenvalue weighted by atomic mass is 35.5. The van der Waals surface area contributed by atoms with Crippen LogP contribution in [0.2, 0.25) is 10.0 Å². The molecule has 1 N–H and O–H groups in total. The van der Waals surface area contributed by atoms with Crippen LogP contribution in [-0.2, 0) is 6.61 Å². The van der Waals surface area contributed by atoms with Crippen molar-refractivity contribution in [3.8, 4) is 5.75 Å². The number of halogens is 2. The van der Waals surface area contributed by atoms with Gasteiger partial charge in [-0.1, -0.05) is 35.3 Å². The molecule has 25 heavy (non-hydrogen) atoms. The van der Waals surface area contributed by atoms with E-state index in [0.29, 0.717) is 39.0 Å². The summed E-state index contributed by atoms with van der Waals surface area (Å²) in [4.78, 5) is 4.09. The molecule has 0 saturated heterocycles. The molecule has 0 aliphatic carbocycles. The summed E-state index contributed by atoms with van der Waals surface area (Å²) in [6.45, 7) is 0.823. The van der Waals surface area contributed by atoms with Crippen LogP contribution in [0.15, 0.2) is 59.9 Å². The van der Waals surface area contributed by atoms with Gasteiger partial charge >= 0.3 is 0 Å². The predicted molar refractivity (Wildman–Crippen MR) is 101 cm³/mol. The fourth-order valence-electron chi connectivity index (χ4n) is 2.65. The van der Waals surface area contributed by atoms with E-state index in [1.54, 1.807) is 30.7 Å². The van der Waals surface area contributed by atoms with E-state index in [4.69, 9.17) is 27.9 Å². The summed E-state index contributed by atoms with van der Waals surface area (Å²) in [6.07, 6.45) is 4.69. The highest BCUT2D eigenvalue weighted by molar-refractivity contribution is 6.30. The van der Waals surface area contributed by atoms with E-state index in [0.717, 1.165) is 5.56 Å². The Balaban J connectivity index is 1.76. The average molecular weight is 378 g/mol. The Bertz CT molecular complexity index is 792.